The number of methoxy groups -OCH3 is 1. The molecule has 0 saturated carbocycles. The first kappa shape index (κ1) is 21.5. The number of hydrogen-bond donors (Lipinski definition) is 0. The van der Waals surface area contributed by atoms with Crippen molar-refractivity contribution in [1.82, 2.24) is 0 Å². The molecule has 0 heterocycles. The molecular weight excluding hydrogens is 312 g/mol. The molecule has 0 fully saturated rings. The van der Waals surface area contributed by atoms with E-state index in [4.69, 9.17) is 9.47 Å². The van der Waals surface area contributed by atoms with Gasteiger partial charge in [-0.2, -0.15) is 0 Å². The zero-order valence-electron chi connectivity index (χ0n) is 17.5. The third-order valence-electron chi connectivity index (χ3n) is 5.41. The van der Waals surface area contributed by atoms with E-state index in [-0.39, 0.29) is 23.2 Å². The molecule has 142 valence electrons. The molecule has 3 atom stereocenters. The Kier molecular flexibility index (Phi) is 7.10. The summed E-state index contributed by atoms with van der Waals surface area (Å²) in [4.78, 5) is 13.0. The van der Waals surface area contributed by atoms with Crippen LogP contribution in [0.3, 0.4) is 0 Å². The molecule has 0 bridgehead atoms. The summed E-state index contributed by atoms with van der Waals surface area (Å²) in [6, 6.07) is 7.87. The van der Waals surface area contributed by atoms with Crippen LogP contribution < -0.4 is 4.74 Å². The molecule has 0 saturated heterocycles. The van der Waals surface area contributed by atoms with E-state index in [0.717, 1.165) is 5.56 Å². The summed E-state index contributed by atoms with van der Waals surface area (Å²) in [6.45, 7) is 17.2. The third-order valence-corrected chi connectivity index (χ3v) is 5.41. The van der Waals surface area contributed by atoms with E-state index in [9.17, 15) is 4.79 Å². The van der Waals surface area contributed by atoms with Gasteiger partial charge in [0.05, 0.1) is 7.11 Å². The molecule has 3 heteroatoms. The van der Waals surface area contributed by atoms with Crippen molar-refractivity contribution in [2.24, 2.45) is 23.2 Å². The van der Waals surface area contributed by atoms with Gasteiger partial charge in [0.2, 0.25) is 5.60 Å². The molecule has 25 heavy (non-hydrogen) atoms. The first-order valence-corrected chi connectivity index (χ1v) is 9.28. The Balaban J connectivity index is 3.39. The Morgan fingerprint density at radius 3 is 1.92 bits per heavy atom. The Labute approximate surface area is 154 Å². The van der Waals surface area contributed by atoms with Crippen LogP contribution in [0.15, 0.2) is 24.3 Å². The summed E-state index contributed by atoms with van der Waals surface area (Å²) in [7, 11) is 1.45. The van der Waals surface area contributed by atoms with Gasteiger partial charge in [-0.05, 0) is 36.3 Å². The molecule has 3 unspecified atom stereocenters. The largest absolute Gasteiger partial charge is 0.475 e. The van der Waals surface area contributed by atoms with Gasteiger partial charge < -0.3 is 9.47 Å². The Morgan fingerprint density at radius 1 is 1.00 bits per heavy atom. The van der Waals surface area contributed by atoms with Crippen LogP contribution in [0.25, 0.3) is 0 Å². The summed E-state index contributed by atoms with van der Waals surface area (Å²) in [5.41, 5.74) is 0.230. The van der Waals surface area contributed by atoms with Crippen molar-refractivity contribution >= 4 is 5.97 Å². The number of carbonyl (C=O) groups is 1. The molecule has 1 aromatic rings. The van der Waals surface area contributed by atoms with E-state index < -0.39 is 5.60 Å². The lowest BCUT2D eigenvalue weighted by Crippen LogP contribution is -2.55. The minimum absolute atomic E-state index is 0.00338. The molecule has 0 radical (unpaired) electrons. The van der Waals surface area contributed by atoms with E-state index >= 15 is 0 Å². The van der Waals surface area contributed by atoms with Gasteiger partial charge in [0.25, 0.3) is 0 Å². The predicted molar refractivity (Wildman–Crippen MR) is 104 cm³/mol. The Bertz CT molecular complexity index is 554. The molecule has 0 N–H and O–H groups in total. The van der Waals surface area contributed by atoms with Crippen LogP contribution in [0.5, 0.6) is 5.75 Å². The fourth-order valence-electron chi connectivity index (χ4n) is 3.38. The number of carbonyl (C=O) groups excluding carboxylic acids is 1. The zero-order valence-corrected chi connectivity index (χ0v) is 17.5. The number of benzene rings is 1. The molecule has 0 aliphatic carbocycles. The van der Waals surface area contributed by atoms with Crippen molar-refractivity contribution in [1.29, 1.82) is 0 Å². The SMILES string of the molecule is COC(=O)C(CC(C)C)(Oc1ccc(C)cc1)C(C)C(C)C(C)(C)C. The second-order valence-electron chi connectivity index (χ2n) is 8.84. The highest BCUT2D eigenvalue weighted by atomic mass is 16.6. The summed E-state index contributed by atoms with van der Waals surface area (Å²) < 4.78 is 11.7. The average molecular weight is 349 g/mol. The number of hydrogen-bond acceptors (Lipinski definition) is 3. The summed E-state index contributed by atoms with van der Waals surface area (Å²) in [6.07, 6.45) is 0.620. The Hall–Kier alpha value is -1.51. The van der Waals surface area contributed by atoms with Gasteiger partial charge in [-0.25, -0.2) is 4.79 Å². The molecular formula is C22H36O3. The van der Waals surface area contributed by atoms with E-state index in [1.54, 1.807) is 0 Å². The first-order valence-electron chi connectivity index (χ1n) is 9.28. The van der Waals surface area contributed by atoms with Gasteiger partial charge in [-0.1, -0.05) is 66.2 Å². The fraction of sp³-hybridized carbons (Fsp3) is 0.682. The van der Waals surface area contributed by atoms with E-state index in [1.807, 2.05) is 31.2 Å². The van der Waals surface area contributed by atoms with Crippen LogP contribution in [0.4, 0.5) is 0 Å². The minimum atomic E-state index is -0.995. The monoisotopic (exact) mass is 348 g/mol. The van der Waals surface area contributed by atoms with E-state index in [1.165, 1.54) is 7.11 Å². The lowest BCUT2D eigenvalue weighted by molar-refractivity contribution is -0.170. The molecule has 3 nitrogen and oxygen atoms in total. The van der Waals surface area contributed by atoms with Crippen molar-refractivity contribution in [2.45, 2.75) is 67.4 Å². The highest BCUT2D eigenvalue weighted by Gasteiger charge is 2.51. The number of aryl methyl sites for hydroxylation is 1. The minimum Gasteiger partial charge on any atom is -0.475 e. The van der Waals surface area contributed by atoms with Gasteiger partial charge in [-0.3, -0.25) is 0 Å². The quantitative estimate of drug-likeness (QED) is 0.597. The molecule has 0 amide bonds. The van der Waals surface area contributed by atoms with Gasteiger partial charge in [0, 0.05) is 12.3 Å². The fourth-order valence-corrected chi connectivity index (χ4v) is 3.38. The number of rotatable bonds is 7. The van der Waals surface area contributed by atoms with Crippen LogP contribution in [0, 0.1) is 30.1 Å². The first-order chi connectivity index (χ1) is 11.4. The topological polar surface area (TPSA) is 35.5 Å². The molecule has 1 rings (SSSR count). The molecule has 0 aliphatic heterocycles. The van der Waals surface area contributed by atoms with Crippen molar-refractivity contribution < 1.29 is 14.3 Å². The molecule has 0 aliphatic rings. The van der Waals surface area contributed by atoms with Crippen LogP contribution in [-0.2, 0) is 9.53 Å². The second-order valence-corrected chi connectivity index (χ2v) is 8.84. The average Bonchev–Trinajstić information content (AvgIpc) is 2.52. The van der Waals surface area contributed by atoms with Gasteiger partial charge >= 0.3 is 5.97 Å². The maximum atomic E-state index is 13.0. The van der Waals surface area contributed by atoms with Crippen LogP contribution >= 0.6 is 0 Å². The zero-order chi connectivity index (χ0) is 19.4. The van der Waals surface area contributed by atoms with Crippen LogP contribution in [0.2, 0.25) is 0 Å². The Morgan fingerprint density at radius 2 is 1.52 bits per heavy atom. The molecule has 1 aromatic carbocycles. The van der Waals surface area contributed by atoms with E-state index in [2.05, 4.69) is 48.5 Å². The second kappa shape index (κ2) is 8.25. The van der Waals surface area contributed by atoms with Crippen LogP contribution in [-0.4, -0.2) is 18.7 Å². The molecule has 0 spiro atoms. The van der Waals surface area contributed by atoms with Crippen molar-refractivity contribution in [3.8, 4) is 5.75 Å². The third kappa shape index (κ3) is 5.23. The standard InChI is InChI=1S/C22H36O3/c1-15(2)14-22(20(23)24-9,18(5)17(4)21(6,7)8)25-19-12-10-16(3)11-13-19/h10-13,15,17-18H,14H2,1-9H3. The van der Waals surface area contributed by atoms with Crippen LogP contribution in [0.1, 0.15) is 60.5 Å². The summed E-state index contributed by atoms with van der Waals surface area (Å²) in [5.74, 6) is 1.01. The van der Waals surface area contributed by atoms with Gasteiger partial charge in [0.1, 0.15) is 5.75 Å². The normalized spacial score (nSPS) is 16.9. The maximum absolute atomic E-state index is 13.0. The van der Waals surface area contributed by atoms with Gasteiger partial charge in [0.15, 0.2) is 0 Å². The maximum Gasteiger partial charge on any atom is 0.350 e. The molecule has 0 aromatic heterocycles. The number of esters is 1. The smallest absolute Gasteiger partial charge is 0.350 e. The van der Waals surface area contributed by atoms with Crippen molar-refractivity contribution in [3.05, 3.63) is 29.8 Å². The lowest BCUT2D eigenvalue weighted by atomic mass is 9.66. The summed E-state index contributed by atoms with van der Waals surface area (Å²) >= 11 is 0. The predicted octanol–water partition coefficient (Wildman–Crippen LogP) is 5.65. The highest BCUT2D eigenvalue weighted by molar-refractivity contribution is 5.80. The highest BCUT2D eigenvalue weighted by Crippen LogP contribution is 2.42. The van der Waals surface area contributed by atoms with Crippen molar-refractivity contribution in [3.63, 3.8) is 0 Å². The van der Waals surface area contributed by atoms with E-state index in [0.29, 0.717) is 18.1 Å². The van der Waals surface area contributed by atoms with Gasteiger partial charge in [-0.15, -0.1) is 0 Å². The summed E-state index contributed by atoms with van der Waals surface area (Å²) in [5, 5.41) is 0. The van der Waals surface area contributed by atoms with Crippen molar-refractivity contribution in [2.75, 3.05) is 7.11 Å². The lowest BCUT2D eigenvalue weighted by Gasteiger charge is -2.44. The number of ether oxygens (including phenoxy) is 2.